The second-order valence-electron chi connectivity index (χ2n) is 4.07. The summed E-state index contributed by atoms with van der Waals surface area (Å²) in [6.45, 7) is 5.04. The molecule has 1 aromatic rings. The first-order valence-electron chi connectivity index (χ1n) is 6.13. The van der Waals surface area contributed by atoms with Gasteiger partial charge in [0.1, 0.15) is 0 Å². The molecule has 0 unspecified atom stereocenters. The minimum atomic E-state index is -3.39. The number of anilines is 1. The van der Waals surface area contributed by atoms with Gasteiger partial charge in [-0.1, -0.05) is 13.8 Å². The van der Waals surface area contributed by atoms with Crippen molar-refractivity contribution in [2.45, 2.75) is 31.6 Å². The summed E-state index contributed by atoms with van der Waals surface area (Å²) in [7, 11) is -3.39. The van der Waals surface area contributed by atoms with Crippen LogP contribution in [0, 0.1) is 0 Å². The third-order valence-corrected chi connectivity index (χ3v) is 4.52. The molecule has 0 saturated heterocycles. The predicted octanol–water partition coefficient (Wildman–Crippen LogP) is 1.78. The number of nitrogens with zero attached hydrogens (tertiary/aromatic N) is 1. The SMILES string of the molecule is CCCN(CCC)S(=O)(=O)c1ccc(NN)cc1. The molecule has 0 bridgehead atoms. The number of nitrogens with two attached hydrogens (primary N) is 1. The lowest BCUT2D eigenvalue weighted by atomic mass is 10.3. The molecule has 0 aromatic heterocycles. The summed E-state index contributed by atoms with van der Waals surface area (Å²) in [5.41, 5.74) is 3.16. The molecule has 0 spiro atoms. The van der Waals surface area contributed by atoms with Gasteiger partial charge < -0.3 is 5.43 Å². The van der Waals surface area contributed by atoms with Crippen LogP contribution < -0.4 is 11.3 Å². The van der Waals surface area contributed by atoms with Gasteiger partial charge in [-0.25, -0.2) is 8.42 Å². The molecule has 0 aliphatic heterocycles. The van der Waals surface area contributed by atoms with Gasteiger partial charge in [0, 0.05) is 18.8 Å². The maximum Gasteiger partial charge on any atom is 0.243 e. The van der Waals surface area contributed by atoms with Crippen LogP contribution in [-0.4, -0.2) is 25.8 Å². The molecule has 0 atom stereocenters. The van der Waals surface area contributed by atoms with Crippen molar-refractivity contribution in [1.82, 2.24) is 4.31 Å². The van der Waals surface area contributed by atoms with Crippen molar-refractivity contribution in [3.8, 4) is 0 Å². The van der Waals surface area contributed by atoms with E-state index in [1.165, 1.54) is 4.31 Å². The number of sulfonamides is 1. The molecule has 0 aliphatic rings. The van der Waals surface area contributed by atoms with Crippen LogP contribution in [-0.2, 0) is 10.0 Å². The summed E-state index contributed by atoms with van der Waals surface area (Å²) in [5.74, 6) is 5.25. The van der Waals surface area contributed by atoms with E-state index in [4.69, 9.17) is 5.84 Å². The zero-order chi connectivity index (χ0) is 13.6. The molecule has 0 amide bonds. The summed E-state index contributed by atoms with van der Waals surface area (Å²) >= 11 is 0. The monoisotopic (exact) mass is 271 g/mol. The largest absolute Gasteiger partial charge is 0.324 e. The van der Waals surface area contributed by atoms with Gasteiger partial charge in [-0.3, -0.25) is 5.84 Å². The van der Waals surface area contributed by atoms with E-state index in [0.29, 0.717) is 23.7 Å². The molecular formula is C12H21N3O2S. The topological polar surface area (TPSA) is 75.4 Å². The molecule has 102 valence electrons. The van der Waals surface area contributed by atoms with Gasteiger partial charge in [0.2, 0.25) is 10.0 Å². The maximum atomic E-state index is 12.4. The number of hydrogen-bond acceptors (Lipinski definition) is 4. The van der Waals surface area contributed by atoms with Gasteiger partial charge in [-0.2, -0.15) is 4.31 Å². The molecule has 6 heteroatoms. The molecule has 0 aliphatic carbocycles. The fourth-order valence-corrected chi connectivity index (χ4v) is 3.35. The Labute approximate surface area is 109 Å². The zero-order valence-corrected chi connectivity index (χ0v) is 11.7. The van der Waals surface area contributed by atoms with Crippen molar-refractivity contribution in [1.29, 1.82) is 0 Å². The first-order chi connectivity index (χ1) is 8.56. The minimum Gasteiger partial charge on any atom is -0.324 e. The summed E-state index contributed by atoms with van der Waals surface area (Å²) < 4.78 is 26.3. The Hall–Kier alpha value is -1.11. The van der Waals surface area contributed by atoms with Gasteiger partial charge in [-0.05, 0) is 37.1 Å². The Bertz CT molecular complexity index is 451. The summed E-state index contributed by atoms with van der Waals surface area (Å²) in [4.78, 5) is 0.309. The highest BCUT2D eigenvalue weighted by molar-refractivity contribution is 7.89. The van der Waals surface area contributed by atoms with E-state index < -0.39 is 10.0 Å². The normalized spacial score (nSPS) is 11.8. The van der Waals surface area contributed by atoms with E-state index in [1.54, 1.807) is 24.3 Å². The summed E-state index contributed by atoms with van der Waals surface area (Å²) in [6, 6.07) is 6.46. The fourth-order valence-electron chi connectivity index (χ4n) is 1.72. The highest BCUT2D eigenvalue weighted by Gasteiger charge is 2.22. The molecule has 0 saturated carbocycles. The van der Waals surface area contributed by atoms with Crippen molar-refractivity contribution in [3.63, 3.8) is 0 Å². The first kappa shape index (κ1) is 14.9. The Balaban J connectivity index is 3.01. The number of nitrogens with one attached hydrogen (secondary N) is 1. The molecular weight excluding hydrogens is 250 g/mol. The first-order valence-corrected chi connectivity index (χ1v) is 7.57. The van der Waals surface area contributed by atoms with Crippen molar-refractivity contribution in [2.75, 3.05) is 18.5 Å². The van der Waals surface area contributed by atoms with Crippen LogP contribution in [0.2, 0.25) is 0 Å². The van der Waals surface area contributed by atoms with E-state index in [9.17, 15) is 8.42 Å². The lowest BCUT2D eigenvalue weighted by molar-refractivity contribution is 0.410. The standard InChI is InChI=1S/C12H21N3O2S/c1-3-9-15(10-4-2)18(16,17)12-7-5-11(14-13)6-8-12/h5-8,14H,3-4,9-10,13H2,1-2H3. The predicted molar refractivity (Wildman–Crippen MR) is 73.6 cm³/mol. The molecule has 3 N–H and O–H groups in total. The van der Waals surface area contributed by atoms with Gasteiger partial charge in [0.25, 0.3) is 0 Å². The second-order valence-corrected chi connectivity index (χ2v) is 6.01. The maximum absolute atomic E-state index is 12.4. The summed E-state index contributed by atoms with van der Waals surface area (Å²) in [5, 5.41) is 0. The van der Waals surface area contributed by atoms with Gasteiger partial charge in [0.15, 0.2) is 0 Å². The molecule has 1 rings (SSSR count). The quantitative estimate of drug-likeness (QED) is 0.585. The van der Waals surface area contributed by atoms with E-state index in [1.807, 2.05) is 13.8 Å². The van der Waals surface area contributed by atoms with E-state index in [2.05, 4.69) is 5.43 Å². The van der Waals surface area contributed by atoms with Crippen LogP contribution in [0.4, 0.5) is 5.69 Å². The molecule has 0 radical (unpaired) electrons. The Morgan fingerprint density at radius 3 is 2.00 bits per heavy atom. The smallest absolute Gasteiger partial charge is 0.243 e. The van der Waals surface area contributed by atoms with Crippen LogP contribution in [0.1, 0.15) is 26.7 Å². The van der Waals surface area contributed by atoms with Gasteiger partial charge in [-0.15, -0.1) is 0 Å². The molecule has 18 heavy (non-hydrogen) atoms. The van der Waals surface area contributed by atoms with Gasteiger partial charge in [0.05, 0.1) is 4.90 Å². The molecule has 0 fully saturated rings. The summed E-state index contributed by atoms with van der Waals surface area (Å²) in [6.07, 6.45) is 1.61. The van der Waals surface area contributed by atoms with Crippen LogP contribution in [0.15, 0.2) is 29.2 Å². The second kappa shape index (κ2) is 6.72. The van der Waals surface area contributed by atoms with Crippen LogP contribution in [0.3, 0.4) is 0 Å². The molecule has 5 nitrogen and oxygen atoms in total. The van der Waals surface area contributed by atoms with Crippen molar-refractivity contribution in [2.24, 2.45) is 5.84 Å². The van der Waals surface area contributed by atoms with Crippen molar-refractivity contribution >= 4 is 15.7 Å². The number of nitrogen functional groups attached to an aromatic ring is 1. The third kappa shape index (κ3) is 3.44. The van der Waals surface area contributed by atoms with Crippen LogP contribution in [0.25, 0.3) is 0 Å². The van der Waals surface area contributed by atoms with E-state index >= 15 is 0 Å². The number of hydrogen-bond donors (Lipinski definition) is 2. The number of hydrazine groups is 1. The average Bonchev–Trinajstić information content (AvgIpc) is 2.38. The lowest BCUT2D eigenvalue weighted by Crippen LogP contribution is -2.32. The minimum absolute atomic E-state index is 0.309. The Kier molecular flexibility index (Phi) is 5.58. The average molecular weight is 271 g/mol. The highest BCUT2D eigenvalue weighted by atomic mass is 32.2. The van der Waals surface area contributed by atoms with Crippen molar-refractivity contribution < 1.29 is 8.42 Å². The number of benzene rings is 1. The third-order valence-electron chi connectivity index (χ3n) is 2.60. The van der Waals surface area contributed by atoms with Crippen LogP contribution in [0.5, 0.6) is 0 Å². The van der Waals surface area contributed by atoms with E-state index in [-0.39, 0.29) is 0 Å². The number of rotatable bonds is 7. The van der Waals surface area contributed by atoms with Crippen molar-refractivity contribution in [3.05, 3.63) is 24.3 Å². The fraction of sp³-hybridized carbons (Fsp3) is 0.500. The zero-order valence-electron chi connectivity index (χ0n) is 10.9. The Morgan fingerprint density at radius 1 is 1.11 bits per heavy atom. The lowest BCUT2D eigenvalue weighted by Gasteiger charge is -2.21. The molecule has 1 aromatic carbocycles. The Morgan fingerprint density at radius 2 is 1.61 bits per heavy atom. The van der Waals surface area contributed by atoms with Crippen LogP contribution >= 0.6 is 0 Å². The van der Waals surface area contributed by atoms with Gasteiger partial charge >= 0.3 is 0 Å². The van der Waals surface area contributed by atoms with E-state index in [0.717, 1.165) is 12.8 Å². The highest BCUT2D eigenvalue weighted by Crippen LogP contribution is 2.18. The molecule has 0 heterocycles.